The number of ether oxygens (including phenoxy) is 1. The Morgan fingerprint density at radius 2 is 1.88 bits per heavy atom. The molecule has 2 aliphatic heterocycles. The Hall–Kier alpha value is -4.36. The molecule has 3 aliphatic rings. The molecule has 0 radical (unpaired) electrons. The smallest absolute Gasteiger partial charge is 0.337 e. The SMILES string of the molecule is COC(=O)c1ccc2c(c1)[nH]c1nc(Cc3ccccc3)nc(NCCCN(C)CCCNC(=O)CCC[C@H]3CC34SC[C@@H]3NC(=O)N[C@@H]34)c12. The van der Waals surface area contributed by atoms with E-state index in [4.69, 9.17) is 14.7 Å². The number of esters is 1. The second-order valence-corrected chi connectivity index (χ2v) is 15.2. The lowest BCUT2D eigenvalue weighted by Crippen LogP contribution is -2.39. The van der Waals surface area contributed by atoms with Crippen LogP contribution in [0.15, 0.2) is 48.5 Å². The van der Waals surface area contributed by atoms with Crippen molar-refractivity contribution in [3.8, 4) is 0 Å². The third kappa shape index (κ3) is 7.39. The fourth-order valence-corrected chi connectivity index (χ4v) is 9.46. The van der Waals surface area contributed by atoms with Crippen molar-refractivity contribution in [2.24, 2.45) is 5.92 Å². The van der Waals surface area contributed by atoms with Crippen LogP contribution in [-0.2, 0) is 16.0 Å². The van der Waals surface area contributed by atoms with Gasteiger partial charge in [-0.05, 0) is 75.9 Å². The molecular weight excluding hydrogens is 653 g/mol. The molecule has 264 valence electrons. The minimum Gasteiger partial charge on any atom is -0.465 e. The number of nitrogens with one attached hydrogen (secondary N) is 5. The second-order valence-electron chi connectivity index (χ2n) is 13.8. The molecule has 0 bridgehead atoms. The molecule has 3 amide bonds. The number of aromatic nitrogens is 3. The van der Waals surface area contributed by atoms with Crippen LogP contribution in [0, 0.1) is 5.92 Å². The largest absolute Gasteiger partial charge is 0.465 e. The van der Waals surface area contributed by atoms with Crippen molar-refractivity contribution in [1.82, 2.24) is 35.8 Å². The monoisotopic (exact) mass is 698 g/mol. The van der Waals surface area contributed by atoms with Crippen LogP contribution in [0.4, 0.5) is 10.6 Å². The molecule has 4 atom stereocenters. The highest BCUT2D eigenvalue weighted by Gasteiger charge is 2.66. The van der Waals surface area contributed by atoms with E-state index in [1.54, 1.807) is 12.1 Å². The minimum absolute atomic E-state index is 0.0340. The maximum absolute atomic E-state index is 12.5. The van der Waals surface area contributed by atoms with E-state index in [-0.39, 0.29) is 34.7 Å². The van der Waals surface area contributed by atoms with E-state index in [0.29, 0.717) is 36.7 Å². The number of H-pyrrole nitrogens is 1. The molecule has 2 saturated heterocycles. The second kappa shape index (κ2) is 14.9. The summed E-state index contributed by atoms with van der Waals surface area (Å²) in [5, 5.41) is 14.7. The molecule has 1 spiro atoms. The average molecular weight is 699 g/mol. The highest BCUT2D eigenvalue weighted by atomic mass is 32.2. The van der Waals surface area contributed by atoms with E-state index >= 15 is 0 Å². The van der Waals surface area contributed by atoms with Crippen LogP contribution < -0.4 is 21.3 Å². The quantitative estimate of drug-likeness (QED) is 0.0649. The van der Waals surface area contributed by atoms with Gasteiger partial charge in [-0.3, -0.25) is 4.79 Å². The predicted molar refractivity (Wildman–Crippen MR) is 197 cm³/mol. The topological polar surface area (TPSA) is 153 Å². The number of hydrogen-bond acceptors (Lipinski definition) is 9. The molecule has 13 heteroatoms. The molecule has 1 aliphatic carbocycles. The number of thioether (sulfide) groups is 1. The summed E-state index contributed by atoms with van der Waals surface area (Å²) in [6, 6.07) is 16.1. The van der Waals surface area contributed by atoms with Gasteiger partial charge in [0.25, 0.3) is 0 Å². The van der Waals surface area contributed by atoms with Crippen LogP contribution >= 0.6 is 11.8 Å². The van der Waals surface area contributed by atoms with Crippen LogP contribution in [0.5, 0.6) is 0 Å². The Labute approximate surface area is 296 Å². The van der Waals surface area contributed by atoms with E-state index in [2.05, 4.69) is 50.3 Å². The van der Waals surface area contributed by atoms with Gasteiger partial charge in [0.2, 0.25) is 5.91 Å². The Morgan fingerprint density at radius 1 is 1.06 bits per heavy atom. The number of anilines is 1. The highest BCUT2D eigenvalue weighted by molar-refractivity contribution is 8.01. The molecule has 4 aromatic rings. The molecule has 3 fully saturated rings. The first kappa shape index (κ1) is 34.1. The van der Waals surface area contributed by atoms with Crippen molar-refractivity contribution < 1.29 is 19.1 Å². The van der Waals surface area contributed by atoms with Gasteiger partial charge < -0.3 is 35.9 Å². The summed E-state index contributed by atoms with van der Waals surface area (Å²) in [5.74, 6) is 2.81. The zero-order chi connectivity index (χ0) is 34.7. The van der Waals surface area contributed by atoms with Gasteiger partial charge in [-0.15, -0.1) is 0 Å². The summed E-state index contributed by atoms with van der Waals surface area (Å²) >= 11 is 1.99. The average Bonchev–Trinajstić information content (AvgIpc) is 3.32. The van der Waals surface area contributed by atoms with E-state index in [0.717, 1.165) is 90.8 Å². The lowest BCUT2D eigenvalue weighted by molar-refractivity contribution is -0.121. The molecule has 50 heavy (non-hydrogen) atoms. The van der Waals surface area contributed by atoms with Gasteiger partial charge in [0.05, 0.1) is 30.1 Å². The normalized spacial score (nSPS) is 22.1. The van der Waals surface area contributed by atoms with Crippen molar-refractivity contribution in [1.29, 1.82) is 0 Å². The van der Waals surface area contributed by atoms with Crippen LogP contribution in [-0.4, -0.2) is 101 Å². The molecule has 1 unspecified atom stereocenters. The number of benzene rings is 2. The van der Waals surface area contributed by atoms with E-state index in [9.17, 15) is 14.4 Å². The van der Waals surface area contributed by atoms with Gasteiger partial charge in [0, 0.05) is 47.3 Å². The van der Waals surface area contributed by atoms with E-state index in [1.165, 1.54) is 7.11 Å². The first-order valence-electron chi connectivity index (χ1n) is 17.7. The summed E-state index contributed by atoms with van der Waals surface area (Å²) in [6.45, 7) is 3.21. The first-order chi connectivity index (χ1) is 24.3. The summed E-state index contributed by atoms with van der Waals surface area (Å²) in [6.07, 6.45) is 6.06. The van der Waals surface area contributed by atoms with Crippen LogP contribution in [0.3, 0.4) is 0 Å². The molecule has 7 rings (SSSR count). The lowest BCUT2D eigenvalue weighted by Gasteiger charge is -2.17. The number of urea groups is 1. The summed E-state index contributed by atoms with van der Waals surface area (Å²) < 4.78 is 5.11. The maximum Gasteiger partial charge on any atom is 0.337 e. The standard InChI is InChI=1S/C37H46N8O4S/c1-45(17-7-15-38-30(46)12-6-11-25-21-37(25)32-28(22-50-37)41-36(48)44-32)18-8-16-39-33-31-26-14-13-24(35(47)49-2)20-27(26)40-34(31)43-29(42-33)19-23-9-4-3-5-10-23/h3-5,9-10,13-14,20,25,28,32H,6-8,11-12,15-19,21-22H2,1-2H3,(H,38,46)(H2,41,44,48)(H2,39,40,42,43)/t25-,28-,32-,37?/m0/s1. The Morgan fingerprint density at radius 3 is 2.70 bits per heavy atom. The summed E-state index contributed by atoms with van der Waals surface area (Å²) in [7, 11) is 3.49. The maximum atomic E-state index is 12.5. The van der Waals surface area contributed by atoms with E-state index < -0.39 is 0 Å². The van der Waals surface area contributed by atoms with Crippen LogP contribution in [0.25, 0.3) is 21.9 Å². The van der Waals surface area contributed by atoms with Crippen molar-refractivity contribution in [2.45, 2.75) is 61.8 Å². The Balaban J connectivity index is 0.851. The highest BCUT2D eigenvalue weighted by Crippen LogP contribution is 2.63. The number of hydrogen-bond donors (Lipinski definition) is 5. The molecule has 5 N–H and O–H groups in total. The third-order valence-corrected chi connectivity index (χ3v) is 12.1. The summed E-state index contributed by atoms with van der Waals surface area (Å²) in [5.41, 5.74) is 3.14. The van der Waals surface area contributed by atoms with Crippen LogP contribution in [0.1, 0.15) is 60.3 Å². The number of amides is 3. The molecule has 1 saturated carbocycles. The summed E-state index contributed by atoms with van der Waals surface area (Å²) in [4.78, 5) is 51.8. The Bertz CT molecular complexity index is 1870. The number of rotatable bonds is 16. The predicted octanol–water partition coefficient (Wildman–Crippen LogP) is 4.45. The van der Waals surface area contributed by atoms with E-state index in [1.807, 2.05) is 36.0 Å². The first-order valence-corrected chi connectivity index (χ1v) is 18.7. The lowest BCUT2D eigenvalue weighted by atomic mass is 10.0. The van der Waals surface area contributed by atoms with Gasteiger partial charge in [0.1, 0.15) is 17.3 Å². The van der Waals surface area contributed by atoms with Crippen LogP contribution in [0.2, 0.25) is 0 Å². The minimum atomic E-state index is -0.384. The number of aromatic amines is 1. The molecule has 12 nitrogen and oxygen atoms in total. The number of methoxy groups -OCH3 is 1. The van der Waals surface area contributed by atoms with Crippen molar-refractivity contribution in [3.05, 3.63) is 65.5 Å². The van der Waals surface area contributed by atoms with Gasteiger partial charge in [-0.1, -0.05) is 36.4 Å². The van der Waals surface area contributed by atoms with Gasteiger partial charge in [0.15, 0.2) is 0 Å². The fraction of sp³-hybridized carbons (Fsp3) is 0.486. The molecule has 2 aromatic carbocycles. The molecule has 4 heterocycles. The third-order valence-electron chi connectivity index (χ3n) is 10.3. The number of fused-ring (bicyclic) bond motifs is 5. The van der Waals surface area contributed by atoms with Gasteiger partial charge >= 0.3 is 12.0 Å². The zero-order valence-electron chi connectivity index (χ0n) is 28.7. The van der Waals surface area contributed by atoms with Crippen molar-refractivity contribution in [3.63, 3.8) is 0 Å². The zero-order valence-corrected chi connectivity index (χ0v) is 29.5. The van der Waals surface area contributed by atoms with Gasteiger partial charge in [-0.2, -0.15) is 11.8 Å². The molecular formula is C37H46N8O4S. The number of carbonyl (C=O) groups excluding carboxylic acids is 3. The number of carbonyl (C=O) groups is 3. The Kier molecular flexibility index (Phi) is 10.1. The van der Waals surface area contributed by atoms with Gasteiger partial charge in [-0.25, -0.2) is 19.6 Å². The van der Waals surface area contributed by atoms with Crippen molar-refractivity contribution in [2.75, 3.05) is 51.4 Å². The molecule has 2 aromatic heterocycles. The number of nitrogens with zero attached hydrogens (tertiary/aromatic N) is 3. The fourth-order valence-electron chi connectivity index (χ4n) is 7.62. The van der Waals surface area contributed by atoms with Crippen molar-refractivity contribution >= 4 is 57.4 Å².